The minimum atomic E-state index is 0.949. The first-order chi connectivity index (χ1) is 7.35. The molecule has 1 saturated carbocycles. The lowest BCUT2D eigenvalue weighted by atomic mass is 10.1. The Morgan fingerprint density at radius 3 is 2.67 bits per heavy atom. The summed E-state index contributed by atoms with van der Waals surface area (Å²) in [5, 5.41) is 0.949. The molecule has 82 valence electrons. The van der Waals surface area contributed by atoms with Crippen molar-refractivity contribution in [1.82, 2.24) is 0 Å². The van der Waals surface area contributed by atoms with Crippen LogP contribution >= 0.6 is 15.9 Å². The highest BCUT2D eigenvalue weighted by Gasteiger charge is 2.24. The van der Waals surface area contributed by atoms with E-state index in [0.29, 0.717) is 0 Å². The summed E-state index contributed by atoms with van der Waals surface area (Å²) in [6, 6.07) is 8.70. The molecule has 0 amide bonds. The molecule has 0 spiro atoms. The first-order valence-electron chi connectivity index (χ1n) is 5.74. The predicted molar refractivity (Wildman–Crippen MR) is 69.7 cm³/mol. The Hall–Kier alpha value is -0.500. The lowest BCUT2D eigenvalue weighted by molar-refractivity contribution is 0.740. The molecule has 0 aliphatic heterocycles. The van der Waals surface area contributed by atoms with Crippen LogP contribution in [0.1, 0.15) is 25.3 Å². The van der Waals surface area contributed by atoms with E-state index in [1.807, 2.05) is 0 Å². The van der Waals surface area contributed by atoms with Gasteiger partial charge in [-0.05, 0) is 37.3 Å². The monoisotopic (exact) mass is 267 g/mol. The Labute approximate surface area is 101 Å². The molecule has 2 heteroatoms. The van der Waals surface area contributed by atoms with Crippen LogP contribution in [0.2, 0.25) is 0 Å². The molecule has 2 rings (SSSR count). The Balaban J connectivity index is 2.15. The molecule has 0 heterocycles. The number of halogens is 1. The highest BCUT2D eigenvalue weighted by Crippen LogP contribution is 2.32. The van der Waals surface area contributed by atoms with Crippen LogP contribution in [0.3, 0.4) is 0 Å². The molecule has 0 bridgehead atoms. The van der Waals surface area contributed by atoms with Gasteiger partial charge in [0.2, 0.25) is 0 Å². The van der Waals surface area contributed by atoms with Gasteiger partial charge in [-0.15, -0.1) is 0 Å². The fourth-order valence-corrected chi connectivity index (χ4v) is 2.42. The first kappa shape index (κ1) is 11.0. The summed E-state index contributed by atoms with van der Waals surface area (Å²) < 4.78 is 0. The highest BCUT2D eigenvalue weighted by molar-refractivity contribution is 9.08. The third-order valence-electron chi connectivity index (χ3n) is 3.03. The molecule has 0 radical (unpaired) electrons. The summed E-state index contributed by atoms with van der Waals surface area (Å²) in [4.78, 5) is 2.51. The van der Waals surface area contributed by atoms with Crippen molar-refractivity contribution in [3.63, 3.8) is 0 Å². The topological polar surface area (TPSA) is 3.24 Å². The number of benzene rings is 1. The minimum Gasteiger partial charge on any atom is -0.371 e. The van der Waals surface area contributed by atoms with Crippen molar-refractivity contribution in [3.8, 4) is 0 Å². The van der Waals surface area contributed by atoms with Gasteiger partial charge in [0.15, 0.2) is 0 Å². The molecule has 0 aromatic heterocycles. The molecule has 1 fully saturated rings. The molecule has 1 aromatic carbocycles. The summed E-state index contributed by atoms with van der Waals surface area (Å²) in [6.07, 6.45) is 2.85. The van der Waals surface area contributed by atoms with Crippen molar-refractivity contribution in [2.75, 3.05) is 18.0 Å². The summed E-state index contributed by atoms with van der Waals surface area (Å²) >= 11 is 3.56. The number of rotatable bonds is 5. The van der Waals surface area contributed by atoms with E-state index in [9.17, 15) is 0 Å². The molecule has 1 aliphatic carbocycles. The zero-order valence-electron chi connectivity index (χ0n) is 9.25. The molecule has 0 unspecified atom stereocenters. The van der Waals surface area contributed by atoms with Gasteiger partial charge in [-0.25, -0.2) is 0 Å². The maximum absolute atomic E-state index is 3.56. The van der Waals surface area contributed by atoms with E-state index in [1.54, 1.807) is 0 Å². The van der Waals surface area contributed by atoms with E-state index in [4.69, 9.17) is 0 Å². The summed E-state index contributed by atoms with van der Waals surface area (Å²) in [7, 11) is 0. The maximum Gasteiger partial charge on any atom is 0.0407 e. The van der Waals surface area contributed by atoms with E-state index >= 15 is 0 Å². The minimum absolute atomic E-state index is 0.949. The van der Waals surface area contributed by atoms with Crippen LogP contribution < -0.4 is 4.90 Å². The molecule has 0 saturated heterocycles. The van der Waals surface area contributed by atoms with E-state index in [0.717, 1.165) is 17.8 Å². The Morgan fingerprint density at radius 2 is 2.07 bits per heavy atom. The average Bonchev–Trinajstić information content (AvgIpc) is 3.10. The lowest BCUT2D eigenvalue weighted by Gasteiger charge is -2.25. The van der Waals surface area contributed by atoms with Gasteiger partial charge in [0.25, 0.3) is 0 Å². The summed E-state index contributed by atoms with van der Waals surface area (Å²) in [6.45, 7) is 4.59. The normalized spacial score (nSPS) is 15.3. The fraction of sp³-hybridized carbons (Fsp3) is 0.538. The number of para-hydroxylation sites is 1. The van der Waals surface area contributed by atoms with E-state index in [1.165, 1.54) is 30.6 Å². The number of nitrogens with zero attached hydrogens (tertiary/aromatic N) is 1. The molecule has 15 heavy (non-hydrogen) atoms. The zero-order chi connectivity index (χ0) is 10.7. The van der Waals surface area contributed by atoms with Crippen molar-refractivity contribution in [1.29, 1.82) is 0 Å². The van der Waals surface area contributed by atoms with Crippen molar-refractivity contribution in [3.05, 3.63) is 29.8 Å². The molecule has 0 atom stereocenters. The largest absolute Gasteiger partial charge is 0.371 e. The zero-order valence-corrected chi connectivity index (χ0v) is 10.8. The predicted octanol–water partition coefficient (Wildman–Crippen LogP) is 3.82. The van der Waals surface area contributed by atoms with Gasteiger partial charge in [-0.2, -0.15) is 0 Å². The van der Waals surface area contributed by atoms with Crippen LogP contribution in [0.5, 0.6) is 0 Å². The third kappa shape index (κ3) is 2.75. The third-order valence-corrected chi connectivity index (χ3v) is 3.64. The standard InChI is InChI=1S/C13H18BrN/c1-2-15(10-11-7-8-11)13-6-4-3-5-12(13)9-14/h3-6,11H,2,7-10H2,1H3. The van der Waals surface area contributed by atoms with Crippen LogP contribution in [0.4, 0.5) is 5.69 Å². The van der Waals surface area contributed by atoms with E-state index < -0.39 is 0 Å². The van der Waals surface area contributed by atoms with Gasteiger partial charge in [0.1, 0.15) is 0 Å². The molecular formula is C13H18BrN. The van der Waals surface area contributed by atoms with Gasteiger partial charge >= 0.3 is 0 Å². The Bertz CT molecular complexity index is 320. The van der Waals surface area contributed by atoms with Gasteiger partial charge in [0, 0.05) is 24.1 Å². The SMILES string of the molecule is CCN(CC1CC1)c1ccccc1CBr. The average molecular weight is 268 g/mol. The maximum atomic E-state index is 3.56. The second-order valence-corrected chi connectivity index (χ2v) is 4.81. The van der Waals surface area contributed by atoms with Crippen LogP contribution in [-0.4, -0.2) is 13.1 Å². The number of alkyl halides is 1. The summed E-state index contributed by atoms with van der Waals surface area (Å²) in [5.74, 6) is 0.952. The molecule has 1 nitrogen and oxygen atoms in total. The number of anilines is 1. The smallest absolute Gasteiger partial charge is 0.0407 e. The van der Waals surface area contributed by atoms with Crippen LogP contribution in [-0.2, 0) is 5.33 Å². The van der Waals surface area contributed by atoms with Crippen LogP contribution in [0.15, 0.2) is 24.3 Å². The molecule has 0 N–H and O–H groups in total. The second kappa shape index (κ2) is 5.02. The first-order valence-corrected chi connectivity index (χ1v) is 6.86. The van der Waals surface area contributed by atoms with Gasteiger partial charge < -0.3 is 4.90 Å². The Morgan fingerprint density at radius 1 is 1.33 bits per heavy atom. The van der Waals surface area contributed by atoms with Crippen LogP contribution in [0.25, 0.3) is 0 Å². The summed E-state index contributed by atoms with van der Waals surface area (Å²) in [5.41, 5.74) is 2.81. The lowest BCUT2D eigenvalue weighted by Crippen LogP contribution is -2.26. The molecule has 1 aliphatic rings. The molecular weight excluding hydrogens is 250 g/mol. The van der Waals surface area contributed by atoms with Gasteiger partial charge in [-0.1, -0.05) is 34.1 Å². The van der Waals surface area contributed by atoms with Crippen molar-refractivity contribution in [2.24, 2.45) is 5.92 Å². The van der Waals surface area contributed by atoms with Gasteiger partial charge in [-0.3, -0.25) is 0 Å². The highest BCUT2D eigenvalue weighted by atomic mass is 79.9. The number of hydrogen-bond acceptors (Lipinski definition) is 1. The van der Waals surface area contributed by atoms with Crippen LogP contribution in [0, 0.1) is 5.92 Å². The second-order valence-electron chi connectivity index (χ2n) is 4.24. The van der Waals surface area contributed by atoms with Crippen molar-refractivity contribution in [2.45, 2.75) is 25.1 Å². The number of hydrogen-bond donors (Lipinski definition) is 0. The van der Waals surface area contributed by atoms with Gasteiger partial charge in [0.05, 0.1) is 0 Å². The van der Waals surface area contributed by atoms with Crippen molar-refractivity contribution >= 4 is 21.6 Å². The molecule has 1 aromatic rings. The van der Waals surface area contributed by atoms with Crippen molar-refractivity contribution < 1.29 is 0 Å². The van der Waals surface area contributed by atoms with E-state index in [-0.39, 0.29) is 0 Å². The Kier molecular flexibility index (Phi) is 3.68. The fourth-order valence-electron chi connectivity index (χ4n) is 1.94. The quantitative estimate of drug-likeness (QED) is 0.734. The van der Waals surface area contributed by atoms with E-state index in [2.05, 4.69) is 52.0 Å².